The van der Waals surface area contributed by atoms with Crippen molar-refractivity contribution in [3.63, 3.8) is 0 Å². The second kappa shape index (κ2) is 19.8. The zero-order valence-electron chi connectivity index (χ0n) is 32.4. The molecule has 2 N–H and O–H groups in total. The molecule has 0 unspecified atom stereocenters. The minimum atomic E-state index is -0.699. The van der Waals surface area contributed by atoms with E-state index in [-0.39, 0.29) is 59.7 Å². The van der Waals surface area contributed by atoms with Gasteiger partial charge in [-0.15, -0.1) is 0 Å². The standard InChI is InChI=1S/C24H21ClFN3O2.C21H20ClFN2O4/c25-20-7-8-21(23-19(20)2-1-11-28-23)31-15-22(30)29-12-9-24(16-27,10-13-29)14-17-3-5-18(26)6-4-17;22-15-3-6-18(17(11-15)21(24)28)29-12-19(26)25-9-7-14(8-10-25)20(27)13-1-4-16(23)5-2-13/h1-8,11H,9-10,12-15H2;1-6,11,14H,7-10,12H2,(H2,24,28). The van der Waals surface area contributed by atoms with Gasteiger partial charge in [-0.1, -0.05) is 35.3 Å². The fourth-order valence-electron chi connectivity index (χ4n) is 7.26. The van der Waals surface area contributed by atoms with Crippen LogP contribution in [-0.4, -0.2) is 77.7 Å². The van der Waals surface area contributed by atoms with Crippen LogP contribution in [0.1, 0.15) is 52.0 Å². The Morgan fingerprint density at radius 1 is 0.800 bits per heavy atom. The maximum absolute atomic E-state index is 13.2. The van der Waals surface area contributed by atoms with Crippen LogP contribution in [0.4, 0.5) is 8.78 Å². The Hall–Kier alpha value is -6.10. The van der Waals surface area contributed by atoms with Gasteiger partial charge in [-0.05, 0) is 117 Å². The van der Waals surface area contributed by atoms with E-state index in [4.69, 9.17) is 38.4 Å². The summed E-state index contributed by atoms with van der Waals surface area (Å²) in [7, 11) is 0. The summed E-state index contributed by atoms with van der Waals surface area (Å²) >= 11 is 12.1. The van der Waals surface area contributed by atoms with E-state index in [2.05, 4.69) is 11.1 Å². The van der Waals surface area contributed by atoms with E-state index in [1.54, 1.807) is 52.4 Å². The van der Waals surface area contributed by atoms with Crippen molar-refractivity contribution in [2.24, 2.45) is 17.1 Å². The quantitative estimate of drug-likeness (QED) is 0.132. The number of aromatic nitrogens is 1. The van der Waals surface area contributed by atoms with E-state index in [9.17, 15) is 33.2 Å². The van der Waals surface area contributed by atoms with E-state index in [1.807, 2.05) is 6.07 Å². The molecule has 60 heavy (non-hydrogen) atoms. The third kappa shape index (κ3) is 10.9. The molecule has 11 nitrogen and oxygen atoms in total. The molecule has 0 saturated carbocycles. The minimum absolute atomic E-state index is 0.0411. The molecule has 15 heteroatoms. The van der Waals surface area contributed by atoms with Gasteiger partial charge in [-0.2, -0.15) is 5.26 Å². The Balaban J connectivity index is 0.000000202. The Morgan fingerprint density at radius 2 is 1.38 bits per heavy atom. The number of nitriles is 1. The van der Waals surface area contributed by atoms with Crippen molar-refractivity contribution in [1.82, 2.24) is 14.8 Å². The fourth-order valence-corrected chi connectivity index (χ4v) is 7.64. The summed E-state index contributed by atoms with van der Waals surface area (Å²) in [5, 5.41) is 11.5. The predicted molar refractivity (Wildman–Crippen MR) is 222 cm³/mol. The largest absolute Gasteiger partial charge is 0.483 e. The van der Waals surface area contributed by atoms with Gasteiger partial charge in [0, 0.05) is 54.3 Å². The molecule has 7 rings (SSSR count). The van der Waals surface area contributed by atoms with Crippen molar-refractivity contribution in [2.45, 2.75) is 32.1 Å². The molecule has 0 spiro atoms. The first-order valence-electron chi connectivity index (χ1n) is 19.2. The van der Waals surface area contributed by atoms with Crippen molar-refractivity contribution >= 4 is 57.6 Å². The number of rotatable bonds is 11. The number of carbonyl (C=O) groups is 4. The highest BCUT2D eigenvalue weighted by molar-refractivity contribution is 6.35. The van der Waals surface area contributed by atoms with Crippen molar-refractivity contribution in [3.05, 3.63) is 136 Å². The Kier molecular flexibility index (Phi) is 14.3. The zero-order chi connectivity index (χ0) is 42.8. The SMILES string of the molecule is N#CC1(Cc2ccc(F)cc2)CCN(C(=O)COc2ccc(Cl)c3cccnc23)CC1.NC(=O)c1cc(Cl)ccc1OCC(=O)N1CCC(C(=O)c2ccc(F)cc2)CC1. The van der Waals surface area contributed by atoms with Gasteiger partial charge in [0.25, 0.3) is 17.7 Å². The number of Topliss-reactive ketones (excluding diaryl/α,β-unsaturated/α-hetero) is 1. The lowest BCUT2D eigenvalue weighted by atomic mass is 9.75. The number of hydrogen-bond acceptors (Lipinski definition) is 8. The summed E-state index contributed by atoms with van der Waals surface area (Å²) in [6, 6.07) is 25.7. The highest BCUT2D eigenvalue weighted by Crippen LogP contribution is 2.35. The molecule has 5 aromatic rings. The predicted octanol–water partition coefficient (Wildman–Crippen LogP) is 7.86. The first-order valence-corrected chi connectivity index (χ1v) is 20.0. The second-order valence-corrected chi connectivity index (χ2v) is 15.5. The lowest BCUT2D eigenvalue weighted by molar-refractivity contribution is -0.135. The molecule has 0 atom stereocenters. The lowest BCUT2D eigenvalue weighted by Gasteiger charge is -2.37. The summed E-state index contributed by atoms with van der Waals surface area (Å²) in [5.74, 6) is -1.31. The Bertz CT molecular complexity index is 2400. The molecule has 2 saturated heterocycles. The maximum atomic E-state index is 13.2. The summed E-state index contributed by atoms with van der Waals surface area (Å²) in [4.78, 5) is 56.8. The second-order valence-electron chi connectivity index (χ2n) is 14.6. The van der Waals surface area contributed by atoms with Gasteiger partial charge in [0.1, 0.15) is 28.7 Å². The summed E-state index contributed by atoms with van der Waals surface area (Å²) in [6.45, 7) is 1.45. The van der Waals surface area contributed by atoms with E-state index in [0.29, 0.717) is 85.2 Å². The van der Waals surface area contributed by atoms with Crippen molar-refractivity contribution < 1.29 is 37.4 Å². The van der Waals surface area contributed by atoms with Gasteiger partial charge in [-0.25, -0.2) is 8.78 Å². The first kappa shape index (κ1) is 43.5. The molecule has 4 aromatic carbocycles. The number of piperidine rings is 2. The Labute approximate surface area is 355 Å². The number of amides is 3. The van der Waals surface area contributed by atoms with Gasteiger partial charge >= 0.3 is 0 Å². The van der Waals surface area contributed by atoms with Crippen molar-refractivity contribution in [2.75, 3.05) is 39.4 Å². The number of nitrogens with two attached hydrogens (primary N) is 1. The molecule has 3 amide bonds. The van der Waals surface area contributed by atoms with E-state index < -0.39 is 11.3 Å². The van der Waals surface area contributed by atoms with E-state index in [1.165, 1.54) is 48.5 Å². The third-order valence-electron chi connectivity index (χ3n) is 10.7. The average molecular weight is 857 g/mol. The van der Waals surface area contributed by atoms with Crippen LogP contribution in [0, 0.1) is 34.3 Å². The number of pyridine rings is 1. The van der Waals surface area contributed by atoms with Gasteiger partial charge < -0.3 is 25.0 Å². The number of ether oxygens (including phenoxy) is 2. The van der Waals surface area contributed by atoms with Crippen molar-refractivity contribution in [3.8, 4) is 17.6 Å². The van der Waals surface area contributed by atoms with Crippen LogP contribution in [0.3, 0.4) is 0 Å². The topological polar surface area (TPSA) is 156 Å². The summed E-state index contributed by atoms with van der Waals surface area (Å²) < 4.78 is 37.4. The lowest BCUT2D eigenvalue weighted by Crippen LogP contribution is -2.45. The number of likely N-dealkylation sites (tertiary alicyclic amines) is 2. The van der Waals surface area contributed by atoms with Gasteiger partial charge in [0.15, 0.2) is 19.0 Å². The van der Waals surface area contributed by atoms with E-state index >= 15 is 0 Å². The molecule has 0 aliphatic carbocycles. The minimum Gasteiger partial charge on any atom is -0.483 e. The number of primary amides is 1. The zero-order valence-corrected chi connectivity index (χ0v) is 33.9. The molecule has 0 radical (unpaired) electrons. The van der Waals surface area contributed by atoms with Crippen LogP contribution in [0.2, 0.25) is 10.0 Å². The number of ketones is 1. The van der Waals surface area contributed by atoms with Crippen molar-refractivity contribution in [1.29, 1.82) is 5.26 Å². The molecule has 2 fully saturated rings. The smallest absolute Gasteiger partial charge is 0.260 e. The van der Waals surface area contributed by atoms with E-state index in [0.717, 1.165) is 10.9 Å². The molecule has 2 aliphatic heterocycles. The molecule has 3 heterocycles. The molecule has 2 aliphatic rings. The van der Waals surface area contributed by atoms with Crippen LogP contribution in [0.15, 0.2) is 97.2 Å². The molecule has 1 aromatic heterocycles. The number of carbonyl (C=O) groups excluding carboxylic acids is 4. The van der Waals surface area contributed by atoms with Crippen LogP contribution in [0.5, 0.6) is 11.5 Å². The van der Waals surface area contributed by atoms with Crippen LogP contribution >= 0.6 is 23.2 Å². The van der Waals surface area contributed by atoms with Crippen LogP contribution in [-0.2, 0) is 16.0 Å². The monoisotopic (exact) mass is 855 g/mol. The summed E-state index contributed by atoms with van der Waals surface area (Å²) in [6.07, 6.45) is 4.38. The number of halogens is 4. The fraction of sp³-hybridized carbons (Fsp3) is 0.289. The maximum Gasteiger partial charge on any atom is 0.260 e. The number of fused-ring (bicyclic) bond motifs is 1. The van der Waals surface area contributed by atoms with Gasteiger partial charge in [0.2, 0.25) is 0 Å². The van der Waals surface area contributed by atoms with Crippen LogP contribution in [0.25, 0.3) is 10.9 Å². The summed E-state index contributed by atoms with van der Waals surface area (Å²) in [5.41, 5.74) is 6.88. The number of hydrogen-bond donors (Lipinski definition) is 1. The molecular formula is C45H41Cl2F2N5O6. The highest BCUT2D eigenvalue weighted by Gasteiger charge is 2.36. The van der Waals surface area contributed by atoms with Gasteiger partial charge in [-0.3, -0.25) is 24.2 Å². The highest BCUT2D eigenvalue weighted by atomic mass is 35.5. The molecular weight excluding hydrogens is 815 g/mol. The normalized spacial score (nSPS) is 15.0. The molecule has 0 bridgehead atoms. The van der Waals surface area contributed by atoms with Gasteiger partial charge in [0.05, 0.1) is 22.1 Å². The Morgan fingerprint density at radius 3 is 2.00 bits per heavy atom. The number of nitrogens with zero attached hydrogens (tertiary/aromatic N) is 4. The average Bonchev–Trinajstić information content (AvgIpc) is 3.27. The number of benzene rings is 4. The third-order valence-corrected chi connectivity index (χ3v) is 11.3. The first-order chi connectivity index (χ1) is 28.8. The van der Waals surface area contributed by atoms with Crippen LogP contribution < -0.4 is 15.2 Å². The molecule has 310 valence electrons.